The SMILES string of the molecule is CCC(O)c1cn(CCOCC(F)(F)F)nn1. The van der Waals surface area contributed by atoms with Gasteiger partial charge in [0.15, 0.2) is 0 Å². The van der Waals surface area contributed by atoms with Gasteiger partial charge in [0.05, 0.1) is 25.5 Å². The van der Waals surface area contributed by atoms with Crippen LogP contribution in [0.4, 0.5) is 13.2 Å². The summed E-state index contributed by atoms with van der Waals surface area (Å²) < 4.78 is 41.0. The molecule has 1 atom stereocenters. The minimum atomic E-state index is -4.31. The summed E-state index contributed by atoms with van der Waals surface area (Å²) in [4.78, 5) is 0. The zero-order valence-electron chi connectivity index (χ0n) is 9.31. The van der Waals surface area contributed by atoms with Gasteiger partial charge in [-0.25, -0.2) is 4.68 Å². The van der Waals surface area contributed by atoms with Crippen LogP contribution in [0.5, 0.6) is 0 Å². The van der Waals surface area contributed by atoms with Crippen molar-refractivity contribution in [2.45, 2.75) is 32.2 Å². The maximum absolute atomic E-state index is 11.7. The predicted molar refractivity (Wildman–Crippen MR) is 52.1 cm³/mol. The van der Waals surface area contributed by atoms with Gasteiger partial charge < -0.3 is 9.84 Å². The van der Waals surface area contributed by atoms with Gasteiger partial charge in [-0.1, -0.05) is 12.1 Å². The highest BCUT2D eigenvalue weighted by atomic mass is 19.4. The molecule has 0 saturated carbocycles. The average molecular weight is 253 g/mol. The van der Waals surface area contributed by atoms with E-state index in [0.717, 1.165) is 0 Å². The number of alkyl halides is 3. The van der Waals surface area contributed by atoms with Crippen molar-refractivity contribution in [1.82, 2.24) is 15.0 Å². The van der Waals surface area contributed by atoms with E-state index in [4.69, 9.17) is 0 Å². The minimum Gasteiger partial charge on any atom is -0.387 e. The van der Waals surface area contributed by atoms with Crippen LogP contribution in [-0.2, 0) is 11.3 Å². The van der Waals surface area contributed by atoms with E-state index in [1.165, 1.54) is 10.9 Å². The van der Waals surface area contributed by atoms with Crippen LogP contribution in [-0.4, -0.2) is 39.5 Å². The molecular weight excluding hydrogens is 239 g/mol. The Kier molecular flexibility index (Phi) is 4.88. The van der Waals surface area contributed by atoms with Gasteiger partial charge in [-0.3, -0.25) is 0 Å². The fraction of sp³-hybridized carbons (Fsp3) is 0.778. The molecule has 98 valence electrons. The number of aliphatic hydroxyl groups excluding tert-OH is 1. The first-order valence-corrected chi connectivity index (χ1v) is 5.15. The fourth-order valence-electron chi connectivity index (χ4n) is 1.13. The lowest BCUT2D eigenvalue weighted by atomic mass is 10.2. The number of halogens is 3. The van der Waals surface area contributed by atoms with E-state index in [0.29, 0.717) is 12.1 Å². The van der Waals surface area contributed by atoms with Gasteiger partial charge in [-0.15, -0.1) is 5.10 Å². The van der Waals surface area contributed by atoms with E-state index in [-0.39, 0.29) is 13.2 Å². The van der Waals surface area contributed by atoms with Crippen LogP contribution in [0.3, 0.4) is 0 Å². The monoisotopic (exact) mass is 253 g/mol. The molecule has 0 amide bonds. The highest BCUT2D eigenvalue weighted by Gasteiger charge is 2.27. The van der Waals surface area contributed by atoms with Gasteiger partial charge in [-0.05, 0) is 6.42 Å². The number of hydrogen-bond donors (Lipinski definition) is 1. The molecule has 1 heterocycles. The second-order valence-corrected chi connectivity index (χ2v) is 3.50. The molecule has 1 unspecified atom stereocenters. The number of nitrogens with zero attached hydrogens (tertiary/aromatic N) is 3. The number of hydrogen-bond acceptors (Lipinski definition) is 4. The van der Waals surface area contributed by atoms with Gasteiger partial charge in [0, 0.05) is 0 Å². The topological polar surface area (TPSA) is 60.2 Å². The standard InChI is InChI=1S/C9H14F3N3O2/c1-2-8(16)7-5-15(14-13-7)3-4-17-6-9(10,11)12/h5,8,16H,2-4,6H2,1H3. The quantitative estimate of drug-likeness (QED) is 0.776. The Balaban J connectivity index is 2.30. The maximum Gasteiger partial charge on any atom is 0.411 e. The van der Waals surface area contributed by atoms with Crippen molar-refractivity contribution in [3.8, 4) is 0 Å². The molecule has 1 rings (SSSR count). The molecule has 0 saturated heterocycles. The summed E-state index contributed by atoms with van der Waals surface area (Å²) in [6.07, 6.45) is -3.01. The third-order valence-electron chi connectivity index (χ3n) is 2.01. The number of rotatable bonds is 6. The van der Waals surface area contributed by atoms with E-state index in [9.17, 15) is 18.3 Å². The Morgan fingerprint density at radius 1 is 1.53 bits per heavy atom. The summed E-state index contributed by atoms with van der Waals surface area (Å²) in [5, 5.41) is 16.8. The van der Waals surface area contributed by atoms with Gasteiger partial charge in [0.25, 0.3) is 0 Å². The lowest BCUT2D eigenvalue weighted by Gasteiger charge is -2.07. The van der Waals surface area contributed by atoms with Crippen molar-refractivity contribution in [3.63, 3.8) is 0 Å². The lowest BCUT2D eigenvalue weighted by Crippen LogP contribution is -2.19. The molecule has 0 spiro atoms. The van der Waals surface area contributed by atoms with Crippen LogP contribution in [0.15, 0.2) is 6.20 Å². The van der Waals surface area contributed by atoms with E-state index in [2.05, 4.69) is 15.0 Å². The van der Waals surface area contributed by atoms with Crippen molar-refractivity contribution in [1.29, 1.82) is 0 Å². The van der Waals surface area contributed by atoms with Gasteiger partial charge in [0.1, 0.15) is 12.3 Å². The predicted octanol–water partition coefficient (Wildman–Crippen LogP) is 1.30. The van der Waals surface area contributed by atoms with Crippen LogP contribution in [0.25, 0.3) is 0 Å². The highest BCUT2D eigenvalue weighted by molar-refractivity contribution is 4.96. The molecule has 8 heteroatoms. The van der Waals surface area contributed by atoms with Crippen molar-refractivity contribution in [3.05, 3.63) is 11.9 Å². The molecule has 0 fully saturated rings. The summed E-state index contributed by atoms with van der Waals surface area (Å²) in [5.74, 6) is 0. The minimum absolute atomic E-state index is 0.107. The second kappa shape index (κ2) is 5.97. The fourth-order valence-corrected chi connectivity index (χ4v) is 1.13. The zero-order chi connectivity index (χ0) is 12.9. The molecule has 0 bridgehead atoms. The zero-order valence-corrected chi connectivity index (χ0v) is 9.31. The van der Waals surface area contributed by atoms with E-state index in [1.807, 2.05) is 0 Å². The van der Waals surface area contributed by atoms with Crippen LogP contribution in [0.1, 0.15) is 25.1 Å². The van der Waals surface area contributed by atoms with Crippen molar-refractivity contribution < 1.29 is 23.0 Å². The van der Waals surface area contributed by atoms with Crippen LogP contribution in [0.2, 0.25) is 0 Å². The smallest absolute Gasteiger partial charge is 0.387 e. The van der Waals surface area contributed by atoms with E-state index in [1.54, 1.807) is 6.92 Å². The molecule has 0 radical (unpaired) electrons. The summed E-state index contributed by atoms with van der Waals surface area (Å²) in [6.45, 7) is 0.576. The maximum atomic E-state index is 11.7. The molecule has 0 aliphatic rings. The first-order valence-electron chi connectivity index (χ1n) is 5.15. The molecule has 17 heavy (non-hydrogen) atoms. The highest BCUT2D eigenvalue weighted by Crippen LogP contribution is 2.14. The molecular formula is C9H14F3N3O2. The van der Waals surface area contributed by atoms with Crippen molar-refractivity contribution in [2.24, 2.45) is 0 Å². The molecule has 0 aliphatic carbocycles. The van der Waals surface area contributed by atoms with Gasteiger partial charge >= 0.3 is 6.18 Å². The summed E-state index contributed by atoms with van der Waals surface area (Å²) >= 11 is 0. The lowest BCUT2D eigenvalue weighted by molar-refractivity contribution is -0.174. The van der Waals surface area contributed by atoms with Crippen molar-refractivity contribution >= 4 is 0 Å². The Hall–Kier alpha value is -1.15. The normalized spacial score (nSPS) is 13.9. The molecule has 1 N–H and O–H groups in total. The van der Waals surface area contributed by atoms with E-state index < -0.39 is 18.9 Å². The first kappa shape index (κ1) is 13.9. The first-order chi connectivity index (χ1) is 7.92. The van der Waals surface area contributed by atoms with Crippen LogP contribution < -0.4 is 0 Å². The molecule has 1 aromatic heterocycles. The number of ether oxygens (including phenoxy) is 1. The number of aliphatic hydroxyl groups is 1. The Morgan fingerprint density at radius 3 is 2.82 bits per heavy atom. The van der Waals surface area contributed by atoms with Gasteiger partial charge in [-0.2, -0.15) is 13.2 Å². The molecule has 0 aromatic carbocycles. The largest absolute Gasteiger partial charge is 0.411 e. The Labute approximate surface area is 96.2 Å². The second-order valence-electron chi connectivity index (χ2n) is 3.50. The van der Waals surface area contributed by atoms with Crippen LogP contribution in [0, 0.1) is 0 Å². The summed E-state index contributed by atoms with van der Waals surface area (Å²) in [5.41, 5.74) is 0.406. The summed E-state index contributed by atoms with van der Waals surface area (Å²) in [7, 11) is 0. The Bertz CT molecular complexity index is 340. The molecule has 0 aliphatic heterocycles. The number of aromatic nitrogens is 3. The summed E-state index contributed by atoms with van der Waals surface area (Å²) in [6, 6.07) is 0. The third-order valence-corrected chi connectivity index (χ3v) is 2.01. The third kappa shape index (κ3) is 5.14. The van der Waals surface area contributed by atoms with Crippen LogP contribution >= 0.6 is 0 Å². The molecule has 1 aromatic rings. The Morgan fingerprint density at radius 2 is 2.24 bits per heavy atom. The van der Waals surface area contributed by atoms with Crippen molar-refractivity contribution in [2.75, 3.05) is 13.2 Å². The average Bonchev–Trinajstić information content (AvgIpc) is 2.70. The van der Waals surface area contributed by atoms with Gasteiger partial charge in [0.2, 0.25) is 0 Å². The van der Waals surface area contributed by atoms with E-state index >= 15 is 0 Å². The molecule has 5 nitrogen and oxygen atoms in total.